The Morgan fingerprint density at radius 3 is 2.13 bits per heavy atom. The van der Waals surface area contributed by atoms with Crippen LogP contribution in [0.3, 0.4) is 0 Å². The number of nitrogen functional groups attached to an aromatic ring is 1. The number of carbonyl (C=O) groups excluding carboxylic acids is 1. The van der Waals surface area contributed by atoms with Gasteiger partial charge in [0.25, 0.3) is 5.91 Å². The predicted molar refractivity (Wildman–Crippen MR) is 97.0 cm³/mol. The third-order valence-electron chi connectivity index (χ3n) is 4.51. The second-order valence-corrected chi connectivity index (χ2v) is 6.05. The first kappa shape index (κ1) is 17.4. The van der Waals surface area contributed by atoms with E-state index in [9.17, 15) is 4.79 Å². The Hall–Kier alpha value is -2.00. The van der Waals surface area contributed by atoms with Gasteiger partial charge in [0.15, 0.2) is 0 Å². The van der Waals surface area contributed by atoms with E-state index in [0.717, 1.165) is 25.7 Å². The summed E-state index contributed by atoms with van der Waals surface area (Å²) in [5.41, 5.74) is 8.43. The molecule has 2 aromatic carbocycles. The Balaban J connectivity index is 0.00000192. The predicted octanol–water partition coefficient (Wildman–Crippen LogP) is 4.15. The highest BCUT2D eigenvalue weighted by molar-refractivity contribution is 5.94. The third-order valence-corrected chi connectivity index (χ3v) is 4.51. The van der Waals surface area contributed by atoms with Crippen molar-refractivity contribution in [3.05, 3.63) is 65.7 Å². The van der Waals surface area contributed by atoms with E-state index in [2.05, 4.69) is 35.6 Å². The van der Waals surface area contributed by atoms with Gasteiger partial charge in [0.2, 0.25) is 0 Å². The zero-order valence-electron chi connectivity index (χ0n) is 13.1. The monoisotopic (exact) mass is 330 g/mol. The number of amides is 1. The number of hydrogen-bond donors (Lipinski definition) is 2. The van der Waals surface area contributed by atoms with E-state index >= 15 is 0 Å². The summed E-state index contributed by atoms with van der Waals surface area (Å²) in [4.78, 5) is 12.2. The van der Waals surface area contributed by atoms with Gasteiger partial charge in [-0.3, -0.25) is 4.79 Å². The van der Waals surface area contributed by atoms with Crippen LogP contribution in [0.25, 0.3) is 0 Å². The van der Waals surface area contributed by atoms with E-state index in [1.165, 1.54) is 5.56 Å². The van der Waals surface area contributed by atoms with E-state index < -0.39 is 0 Å². The highest BCUT2D eigenvalue weighted by atomic mass is 35.5. The quantitative estimate of drug-likeness (QED) is 0.831. The van der Waals surface area contributed by atoms with Crippen LogP contribution in [0.5, 0.6) is 0 Å². The van der Waals surface area contributed by atoms with Crippen molar-refractivity contribution < 1.29 is 4.79 Å². The minimum Gasteiger partial charge on any atom is -0.399 e. The molecule has 122 valence electrons. The summed E-state index contributed by atoms with van der Waals surface area (Å²) < 4.78 is 0. The van der Waals surface area contributed by atoms with Crippen molar-refractivity contribution in [3.8, 4) is 0 Å². The molecule has 0 aliphatic heterocycles. The first-order valence-electron chi connectivity index (χ1n) is 7.94. The smallest absolute Gasteiger partial charge is 0.251 e. The van der Waals surface area contributed by atoms with Gasteiger partial charge in [-0.15, -0.1) is 12.4 Å². The molecule has 1 saturated carbocycles. The Morgan fingerprint density at radius 1 is 0.913 bits per heavy atom. The maximum absolute atomic E-state index is 12.2. The van der Waals surface area contributed by atoms with Gasteiger partial charge in [0.1, 0.15) is 0 Å². The molecule has 3 rings (SSSR count). The summed E-state index contributed by atoms with van der Waals surface area (Å²) in [6, 6.07) is 18.0. The number of nitrogens with two attached hydrogens (primary N) is 1. The second-order valence-electron chi connectivity index (χ2n) is 6.05. The van der Waals surface area contributed by atoms with E-state index in [1.807, 2.05) is 0 Å². The molecule has 0 saturated heterocycles. The first-order chi connectivity index (χ1) is 10.7. The molecule has 3 N–H and O–H groups in total. The summed E-state index contributed by atoms with van der Waals surface area (Å²) in [6.07, 6.45) is 4.36. The van der Waals surface area contributed by atoms with Crippen LogP contribution in [-0.2, 0) is 0 Å². The standard InChI is InChI=1S/C19H22N2O.ClH/c20-17-10-6-16(7-11-17)19(22)21-18-12-8-15(9-13-18)14-4-2-1-3-5-14;/h1-7,10-11,15,18H,8-9,12-13,20H2,(H,21,22);1H. The summed E-state index contributed by atoms with van der Waals surface area (Å²) in [7, 11) is 0. The zero-order valence-corrected chi connectivity index (χ0v) is 13.9. The fourth-order valence-corrected chi connectivity index (χ4v) is 3.20. The largest absolute Gasteiger partial charge is 0.399 e. The number of halogens is 1. The van der Waals surface area contributed by atoms with Gasteiger partial charge >= 0.3 is 0 Å². The van der Waals surface area contributed by atoms with Gasteiger partial charge in [-0.1, -0.05) is 30.3 Å². The summed E-state index contributed by atoms with van der Waals surface area (Å²) >= 11 is 0. The number of benzene rings is 2. The topological polar surface area (TPSA) is 55.1 Å². The van der Waals surface area contributed by atoms with Crippen molar-refractivity contribution in [1.82, 2.24) is 5.32 Å². The lowest BCUT2D eigenvalue weighted by molar-refractivity contribution is 0.0926. The van der Waals surface area contributed by atoms with E-state index in [-0.39, 0.29) is 24.4 Å². The molecule has 1 amide bonds. The molecular weight excluding hydrogens is 308 g/mol. The van der Waals surface area contributed by atoms with Crippen molar-refractivity contribution in [2.45, 2.75) is 37.6 Å². The molecule has 3 nitrogen and oxygen atoms in total. The number of hydrogen-bond acceptors (Lipinski definition) is 2. The maximum atomic E-state index is 12.2. The molecule has 1 aliphatic carbocycles. The minimum absolute atomic E-state index is 0. The third kappa shape index (κ3) is 4.49. The molecular formula is C19H23ClN2O. The van der Waals surface area contributed by atoms with Crippen molar-refractivity contribution in [2.24, 2.45) is 0 Å². The lowest BCUT2D eigenvalue weighted by atomic mass is 9.82. The molecule has 1 aliphatic rings. The normalized spacial score (nSPS) is 20.3. The SMILES string of the molecule is Cl.Nc1ccc(C(=O)NC2CCC(c3ccccc3)CC2)cc1. The fourth-order valence-electron chi connectivity index (χ4n) is 3.20. The van der Waals surface area contributed by atoms with E-state index in [1.54, 1.807) is 24.3 Å². The van der Waals surface area contributed by atoms with Crippen molar-refractivity contribution >= 4 is 24.0 Å². The number of carbonyl (C=O) groups is 1. The van der Waals surface area contributed by atoms with Crippen LogP contribution in [0.15, 0.2) is 54.6 Å². The summed E-state index contributed by atoms with van der Waals surface area (Å²) in [5, 5.41) is 3.15. The van der Waals surface area contributed by atoms with Crippen LogP contribution in [-0.4, -0.2) is 11.9 Å². The van der Waals surface area contributed by atoms with Crippen molar-refractivity contribution in [2.75, 3.05) is 5.73 Å². The molecule has 4 heteroatoms. The second kappa shape index (κ2) is 8.02. The summed E-state index contributed by atoms with van der Waals surface area (Å²) in [6.45, 7) is 0. The Kier molecular flexibility index (Phi) is 6.05. The average Bonchev–Trinajstić information content (AvgIpc) is 2.57. The van der Waals surface area contributed by atoms with E-state index in [0.29, 0.717) is 17.2 Å². The molecule has 23 heavy (non-hydrogen) atoms. The molecule has 0 atom stereocenters. The Bertz CT molecular complexity index is 620. The maximum Gasteiger partial charge on any atom is 0.251 e. The molecule has 0 bridgehead atoms. The summed E-state index contributed by atoms with van der Waals surface area (Å²) in [5.74, 6) is 0.633. The Labute approximate surface area is 143 Å². The molecule has 0 aromatic heterocycles. The molecule has 0 spiro atoms. The molecule has 0 unspecified atom stereocenters. The molecule has 0 radical (unpaired) electrons. The van der Waals surface area contributed by atoms with Crippen LogP contribution in [0, 0.1) is 0 Å². The van der Waals surface area contributed by atoms with Gasteiger partial charge in [-0.2, -0.15) is 0 Å². The molecule has 0 heterocycles. The molecule has 1 fully saturated rings. The highest BCUT2D eigenvalue weighted by Gasteiger charge is 2.23. The van der Waals surface area contributed by atoms with Crippen molar-refractivity contribution in [3.63, 3.8) is 0 Å². The number of rotatable bonds is 3. The van der Waals surface area contributed by atoms with Crippen LogP contribution >= 0.6 is 12.4 Å². The van der Waals surface area contributed by atoms with Crippen LogP contribution < -0.4 is 11.1 Å². The average molecular weight is 331 g/mol. The molecule has 2 aromatic rings. The minimum atomic E-state index is 0. The highest BCUT2D eigenvalue weighted by Crippen LogP contribution is 2.32. The zero-order chi connectivity index (χ0) is 15.4. The van der Waals surface area contributed by atoms with Crippen LogP contribution in [0.4, 0.5) is 5.69 Å². The van der Waals surface area contributed by atoms with Crippen molar-refractivity contribution in [1.29, 1.82) is 0 Å². The number of nitrogens with one attached hydrogen (secondary N) is 1. The van der Waals surface area contributed by atoms with Crippen LogP contribution in [0.2, 0.25) is 0 Å². The first-order valence-corrected chi connectivity index (χ1v) is 7.94. The van der Waals surface area contributed by atoms with Gasteiger partial charge in [-0.05, 0) is 61.4 Å². The van der Waals surface area contributed by atoms with Gasteiger partial charge in [0.05, 0.1) is 0 Å². The van der Waals surface area contributed by atoms with E-state index in [4.69, 9.17) is 5.73 Å². The van der Waals surface area contributed by atoms with Crippen LogP contribution in [0.1, 0.15) is 47.5 Å². The van der Waals surface area contributed by atoms with Gasteiger partial charge < -0.3 is 11.1 Å². The van der Waals surface area contributed by atoms with Gasteiger partial charge in [0, 0.05) is 17.3 Å². The lowest BCUT2D eigenvalue weighted by Crippen LogP contribution is -2.37. The Morgan fingerprint density at radius 2 is 1.52 bits per heavy atom. The van der Waals surface area contributed by atoms with Gasteiger partial charge in [-0.25, -0.2) is 0 Å². The fraction of sp³-hybridized carbons (Fsp3) is 0.316. The number of anilines is 1. The lowest BCUT2D eigenvalue weighted by Gasteiger charge is -2.29.